The molecule has 2 atom stereocenters. The van der Waals surface area contributed by atoms with Gasteiger partial charge < -0.3 is 10.6 Å². The van der Waals surface area contributed by atoms with Gasteiger partial charge in [-0.15, -0.1) is 0 Å². The second-order valence-corrected chi connectivity index (χ2v) is 6.23. The van der Waals surface area contributed by atoms with Crippen LogP contribution in [0.1, 0.15) is 61.5 Å². The molecule has 2 N–H and O–H groups in total. The summed E-state index contributed by atoms with van der Waals surface area (Å²) in [6.07, 6.45) is 2.60. The van der Waals surface area contributed by atoms with Crippen molar-refractivity contribution < 1.29 is 4.79 Å². The zero-order valence-corrected chi connectivity index (χ0v) is 14.5. The van der Waals surface area contributed by atoms with Gasteiger partial charge in [-0.3, -0.25) is 0 Å². The lowest BCUT2D eigenvalue weighted by atomic mass is 10.1. The maximum absolute atomic E-state index is 12.4. The number of benzene rings is 1. The Bertz CT molecular complexity index is 806. The lowest BCUT2D eigenvalue weighted by molar-refractivity contribution is 0.230. The molecule has 7 heteroatoms. The molecule has 1 aliphatic heterocycles. The summed E-state index contributed by atoms with van der Waals surface area (Å²) in [6, 6.07) is 8.81. The van der Waals surface area contributed by atoms with Crippen LogP contribution in [0.25, 0.3) is 0 Å². The maximum Gasteiger partial charge on any atom is 0.315 e. The summed E-state index contributed by atoms with van der Waals surface area (Å²) < 4.78 is 1.90. The van der Waals surface area contributed by atoms with E-state index in [1.165, 1.54) is 0 Å². The van der Waals surface area contributed by atoms with E-state index >= 15 is 0 Å². The second-order valence-electron chi connectivity index (χ2n) is 6.23. The molecular formula is C18H22N6O. The molecule has 0 saturated carbocycles. The lowest BCUT2D eigenvalue weighted by Crippen LogP contribution is -2.41. The zero-order chi connectivity index (χ0) is 17.8. The average molecular weight is 338 g/mol. The first-order valence-corrected chi connectivity index (χ1v) is 8.61. The summed E-state index contributed by atoms with van der Waals surface area (Å²) in [5, 5.41) is 19.4. The zero-order valence-electron chi connectivity index (χ0n) is 14.5. The molecule has 25 heavy (non-hydrogen) atoms. The number of aryl methyl sites for hydroxylation is 2. The largest absolute Gasteiger partial charge is 0.332 e. The fraction of sp³-hybridized carbons (Fsp3) is 0.444. The van der Waals surface area contributed by atoms with E-state index in [9.17, 15) is 4.79 Å². The lowest BCUT2D eigenvalue weighted by Gasteiger charge is -2.24. The van der Waals surface area contributed by atoms with E-state index in [1.807, 2.05) is 30.7 Å². The van der Waals surface area contributed by atoms with E-state index in [0.717, 1.165) is 43.0 Å². The van der Waals surface area contributed by atoms with Crippen molar-refractivity contribution in [3.63, 3.8) is 0 Å². The number of nitriles is 1. The van der Waals surface area contributed by atoms with Crippen LogP contribution in [0.2, 0.25) is 0 Å². The van der Waals surface area contributed by atoms with E-state index in [4.69, 9.17) is 5.26 Å². The van der Waals surface area contributed by atoms with Gasteiger partial charge in [0.25, 0.3) is 0 Å². The molecule has 2 aromatic rings. The highest BCUT2D eigenvalue weighted by molar-refractivity contribution is 5.74. The average Bonchev–Trinajstić information content (AvgIpc) is 3.06. The van der Waals surface area contributed by atoms with Gasteiger partial charge in [0.05, 0.1) is 23.7 Å². The van der Waals surface area contributed by atoms with E-state index in [-0.39, 0.29) is 18.1 Å². The van der Waals surface area contributed by atoms with Crippen molar-refractivity contribution in [2.24, 2.45) is 0 Å². The fourth-order valence-corrected chi connectivity index (χ4v) is 3.04. The number of fused-ring (bicyclic) bond motifs is 1. The van der Waals surface area contributed by atoms with Crippen molar-refractivity contribution in [3.8, 4) is 6.07 Å². The number of rotatable bonds is 4. The fourth-order valence-electron chi connectivity index (χ4n) is 3.04. The number of nitrogens with one attached hydrogen (secondary N) is 2. The Morgan fingerprint density at radius 1 is 1.52 bits per heavy atom. The Labute approximate surface area is 147 Å². The van der Waals surface area contributed by atoms with E-state index in [1.54, 1.807) is 12.1 Å². The summed E-state index contributed by atoms with van der Waals surface area (Å²) in [4.78, 5) is 16.9. The Morgan fingerprint density at radius 3 is 3.12 bits per heavy atom. The first-order chi connectivity index (χ1) is 12.1. The normalized spacial score (nSPS) is 17.2. The van der Waals surface area contributed by atoms with Gasteiger partial charge in [0.2, 0.25) is 0 Å². The highest BCUT2D eigenvalue weighted by Gasteiger charge is 2.25. The Hall–Kier alpha value is -2.88. The summed E-state index contributed by atoms with van der Waals surface area (Å²) in [5.41, 5.74) is 1.48. The van der Waals surface area contributed by atoms with Crippen LogP contribution in [-0.2, 0) is 13.0 Å². The molecule has 1 aromatic carbocycles. The van der Waals surface area contributed by atoms with E-state index in [2.05, 4.69) is 26.8 Å². The number of urea groups is 1. The van der Waals surface area contributed by atoms with Crippen LogP contribution in [0.4, 0.5) is 4.79 Å². The third-order valence-electron chi connectivity index (χ3n) is 4.40. The van der Waals surface area contributed by atoms with Gasteiger partial charge in [-0.2, -0.15) is 10.4 Å². The number of amides is 2. The summed E-state index contributed by atoms with van der Waals surface area (Å²) in [6.45, 7) is 4.77. The number of carbonyl (C=O) groups is 1. The van der Waals surface area contributed by atoms with Gasteiger partial charge in [-0.25, -0.2) is 14.5 Å². The molecule has 7 nitrogen and oxygen atoms in total. The van der Waals surface area contributed by atoms with Gasteiger partial charge >= 0.3 is 6.03 Å². The number of carbonyl (C=O) groups excluding carboxylic acids is 1. The molecule has 0 fully saturated rings. The summed E-state index contributed by atoms with van der Waals surface area (Å²) >= 11 is 0. The molecule has 1 aliphatic rings. The predicted octanol–water partition coefficient (Wildman–Crippen LogP) is 2.61. The van der Waals surface area contributed by atoms with Crippen LogP contribution in [0.15, 0.2) is 24.3 Å². The topological polar surface area (TPSA) is 95.6 Å². The highest BCUT2D eigenvalue weighted by Crippen LogP contribution is 2.23. The molecule has 2 amide bonds. The Kier molecular flexibility index (Phi) is 4.98. The van der Waals surface area contributed by atoms with Crippen LogP contribution in [0, 0.1) is 11.3 Å². The minimum atomic E-state index is -0.241. The van der Waals surface area contributed by atoms with Crippen molar-refractivity contribution >= 4 is 6.03 Å². The SMILES string of the molecule is CCc1nc2n(n1)CCC[C@@H]2NC(=O)N[C@H](C)c1cccc(C#N)c1. The van der Waals surface area contributed by atoms with E-state index < -0.39 is 0 Å². The number of hydrogen-bond donors (Lipinski definition) is 2. The third kappa shape index (κ3) is 3.79. The first-order valence-electron chi connectivity index (χ1n) is 8.61. The molecule has 0 saturated heterocycles. The van der Waals surface area contributed by atoms with Gasteiger partial charge in [0.1, 0.15) is 5.82 Å². The molecular weight excluding hydrogens is 316 g/mol. The highest BCUT2D eigenvalue weighted by atomic mass is 16.2. The van der Waals surface area contributed by atoms with Crippen molar-refractivity contribution in [2.75, 3.05) is 0 Å². The second kappa shape index (κ2) is 7.34. The van der Waals surface area contributed by atoms with Crippen LogP contribution in [-0.4, -0.2) is 20.8 Å². The van der Waals surface area contributed by atoms with Gasteiger partial charge in [-0.1, -0.05) is 19.1 Å². The van der Waals surface area contributed by atoms with Crippen LogP contribution >= 0.6 is 0 Å². The van der Waals surface area contributed by atoms with E-state index in [0.29, 0.717) is 5.56 Å². The van der Waals surface area contributed by atoms with Crippen molar-refractivity contribution in [2.45, 2.75) is 51.7 Å². The minimum Gasteiger partial charge on any atom is -0.332 e. The number of nitrogens with zero attached hydrogens (tertiary/aromatic N) is 4. The monoisotopic (exact) mass is 338 g/mol. The summed E-state index contributed by atoms with van der Waals surface area (Å²) in [7, 11) is 0. The van der Waals surface area contributed by atoms with Gasteiger partial charge in [0, 0.05) is 13.0 Å². The first kappa shape index (κ1) is 17.0. The molecule has 0 aliphatic carbocycles. The van der Waals surface area contributed by atoms with Crippen LogP contribution in [0.5, 0.6) is 0 Å². The number of hydrogen-bond acceptors (Lipinski definition) is 4. The van der Waals surface area contributed by atoms with Crippen molar-refractivity contribution in [1.82, 2.24) is 25.4 Å². The maximum atomic E-state index is 12.4. The third-order valence-corrected chi connectivity index (χ3v) is 4.40. The number of aromatic nitrogens is 3. The van der Waals surface area contributed by atoms with Crippen molar-refractivity contribution in [1.29, 1.82) is 5.26 Å². The predicted molar refractivity (Wildman–Crippen MR) is 92.6 cm³/mol. The minimum absolute atomic E-state index is 0.126. The Balaban J connectivity index is 1.65. The quantitative estimate of drug-likeness (QED) is 0.895. The Morgan fingerprint density at radius 2 is 2.36 bits per heavy atom. The molecule has 3 rings (SSSR count). The van der Waals surface area contributed by atoms with Gasteiger partial charge in [0.15, 0.2) is 5.82 Å². The summed E-state index contributed by atoms with van der Waals surface area (Å²) in [5.74, 6) is 1.64. The molecule has 1 aromatic heterocycles. The molecule has 0 spiro atoms. The van der Waals surface area contributed by atoms with Crippen LogP contribution in [0.3, 0.4) is 0 Å². The standard InChI is InChI=1S/C18H22N6O/c1-3-16-22-17-15(8-5-9-24(17)23-16)21-18(25)20-12(2)14-7-4-6-13(10-14)11-19/h4,6-7,10,12,15H,3,5,8-9H2,1-2H3,(H2,20,21,25)/t12-,15+/m1/s1. The van der Waals surface area contributed by atoms with Gasteiger partial charge in [-0.05, 0) is 37.5 Å². The van der Waals surface area contributed by atoms with Crippen molar-refractivity contribution in [3.05, 3.63) is 47.0 Å². The molecule has 0 bridgehead atoms. The molecule has 130 valence electrons. The molecule has 0 radical (unpaired) electrons. The van der Waals surface area contributed by atoms with Crippen LogP contribution < -0.4 is 10.6 Å². The molecule has 2 heterocycles. The smallest absolute Gasteiger partial charge is 0.315 e. The molecule has 0 unspecified atom stereocenters.